The van der Waals surface area contributed by atoms with E-state index in [1.807, 2.05) is 0 Å². The summed E-state index contributed by atoms with van der Waals surface area (Å²) < 4.78 is 33.3. The maximum absolute atomic E-state index is 11.3. The molecular weight excluding hydrogens is 350 g/mol. The number of fused-ring (bicyclic) bond motifs is 1. The van der Waals surface area contributed by atoms with E-state index in [1.54, 1.807) is 41.2 Å². The number of pyridine rings is 1. The number of hydrogen-bond acceptors (Lipinski definition) is 7. The van der Waals surface area contributed by atoms with Gasteiger partial charge in [-0.3, -0.25) is 9.54 Å². The largest absolute Gasteiger partial charge is 0.294 e. The van der Waals surface area contributed by atoms with Crippen molar-refractivity contribution < 1.29 is 13.0 Å². The van der Waals surface area contributed by atoms with Crippen LogP contribution in [0.2, 0.25) is 0 Å². The van der Waals surface area contributed by atoms with Crippen molar-refractivity contribution in [3.8, 4) is 22.0 Å². The van der Waals surface area contributed by atoms with Crippen LogP contribution in [0.4, 0.5) is 0 Å². The standard InChI is InChI=1S/C14H9N5O3S2/c20-24(21,22)11-3-1-2-10(8-11)13-18-19-12(16-17-14(19)23-13)9-4-6-15-7-5-9/h1-8H,(H,20,21,22). The maximum atomic E-state index is 11.3. The minimum Gasteiger partial charge on any atom is -0.282 e. The molecule has 4 aromatic rings. The Kier molecular flexibility index (Phi) is 3.37. The summed E-state index contributed by atoms with van der Waals surface area (Å²) in [6, 6.07) is 9.55. The second-order valence-electron chi connectivity index (χ2n) is 4.86. The number of rotatable bonds is 3. The van der Waals surface area contributed by atoms with Crippen molar-refractivity contribution >= 4 is 26.4 Å². The van der Waals surface area contributed by atoms with Crippen LogP contribution in [-0.2, 0) is 10.1 Å². The van der Waals surface area contributed by atoms with Crippen LogP contribution in [0.3, 0.4) is 0 Å². The summed E-state index contributed by atoms with van der Waals surface area (Å²) in [5, 5.41) is 13.2. The van der Waals surface area contributed by atoms with E-state index >= 15 is 0 Å². The van der Waals surface area contributed by atoms with Crippen molar-refractivity contribution in [2.45, 2.75) is 4.90 Å². The normalized spacial score (nSPS) is 11.9. The number of aromatic nitrogens is 5. The van der Waals surface area contributed by atoms with Gasteiger partial charge in [0.1, 0.15) is 5.01 Å². The zero-order chi connectivity index (χ0) is 16.7. The van der Waals surface area contributed by atoms with Crippen molar-refractivity contribution in [1.29, 1.82) is 0 Å². The van der Waals surface area contributed by atoms with Crippen molar-refractivity contribution in [2.75, 3.05) is 0 Å². The van der Waals surface area contributed by atoms with Crippen molar-refractivity contribution in [1.82, 2.24) is 24.8 Å². The topological polar surface area (TPSA) is 110 Å². The van der Waals surface area contributed by atoms with Gasteiger partial charge >= 0.3 is 0 Å². The Morgan fingerprint density at radius 1 is 1.04 bits per heavy atom. The number of benzene rings is 1. The highest BCUT2D eigenvalue weighted by molar-refractivity contribution is 7.85. The molecule has 0 aliphatic heterocycles. The molecule has 0 saturated carbocycles. The fourth-order valence-electron chi connectivity index (χ4n) is 2.20. The van der Waals surface area contributed by atoms with Gasteiger partial charge in [0.25, 0.3) is 10.1 Å². The maximum Gasteiger partial charge on any atom is 0.294 e. The lowest BCUT2D eigenvalue weighted by molar-refractivity contribution is 0.483. The number of hydrogen-bond donors (Lipinski definition) is 1. The van der Waals surface area contributed by atoms with Crippen molar-refractivity contribution in [3.63, 3.8) is 0 Å². The van der Waals surface area contributed by atoms with Gasteiger partial charge in [0.15, 0.2) is 5.82 Å². The van der Waals surface area contributed by atoms with E-state index in [0.717, 1.165) is 5.56 Å². The van der Waals surface area contributed by atoms with Crippen LogP contribution in [0, 0.1) is 0 Å². The van der Waals surface area contributed by atoms with Crippen LogP contribution in [0.1, 0.15) is 0 Å². The smallest absolute Gasteiger partial charge is 0.282 e. The third-order valence-corrected chi connectivity index (χ3v) is 5.11. The van der Waals surface area contributed by atoms with E-state index in [4.69, 9.17) is 0 Å². The van der Waals surface area contributed by atoms with Gasteiger partial charge in [0.2, 0.25) is 4.96 Å². The molecule has 0 radical (unpaired) electrons. The molecule has 0 fully saturated rings. The van der Waals surface area contributed by atoms with Crippen molar-refractivity contribution in [3.05, 3.63) is 48.8 Å². The summed E-state index contributed by atoms with van der Waals surface area (Å²) >= 11 is 1.27. The average molecular weight is 359 g/mol. The van der Waals surface area contributed by atoms with E-state index in [1.165, 1.54) is 23.5 Å². The average Bonchev–Trinajstić information content (AvgIpc) is 3.15. The van der Waals surface area contributed by atoms with E-state index in [-0.39, 0.29) is 4.90 Å². The quantitative estimate of drug-likeness (QED) is 0.558. The minimum atomic E-state index is -4.27. The highest BCUT2D eigenvalue weighted by atomic mass is 32.2. The molecule has 1 N–H and O–H groups in total. The first-order valence-corrected chi connectivity index (χ1v) is 8.98. The van der Waals surface area contributed by atoms with Gasteiger partial charge in [-0.2, -0.15) is 18.0 Å². The predicted octanol–water partition coefficient (Wildman–Crippen LogP) is 2.16. The SMILES string of the molecule is O=S(=O)(O)c1cccc(-c2nn3c(-c4ccncc4)nnc3s2)c1. The highest BCUT2D eigenvalue weighted by Crippen LogP contribution is 2.29. The molecule has 0 bridgehead atoms. The summed E-state index contributed by atoms with van der Waals surface area (Å²) in [5.74, 6) is 0.570. The van der Waals surface area contributed by atoms with Gasteiger partial charge in [-0.05, 0) is 24.3 Å². The second-order valence-corrected chi connectivity index (χ2v) is 7.24. The third kappa shape index (κ3) is 2.56. The lowest BCUT2D eigenvalue weighted by atomic mass is 10.2. The molecule has 0 aliphatic carbocycles. The Morgan fingerprint density at radius 2 is 1.83 bits per heavy atom. The van der Waals surface area contributed by atoms with Gasteiger partial charge in [0, 0.05) is 23.5 Å². The molecule has 3 heterocycles. The highest BCUT2D eigenvalue weighted by Gasteiger charge is 2.16. The van der Waals surface area contributed by atoms with Gasteiger partial charge in [0.05, 0.1) is 4.90 Å². The zero-order valence-electron chi connectivity index (χ0n) is 11.9. The fourth-order valence-corrected chi connectivity index (χ4v) is 3.57. The monoisotopic (exact) mass is 359 g/mol. The predicted molar refractivity (Wildman–Crippen MR) is 87.1 cm³/mol. The van der Waals surface area contributed by atoms with Crippen LogP contribution < -0.4 is 0 Å². The van der Waals surface area contributed by atoms with Gasteiger partial charge in [-0.1, -0.05) is 23.5 Å². The Hall–Kier alpha value is -2.69. The summed E-state index contributed by atoms with van der Waals surface area (Å²) in [7, 11) is -4.27. The molecule has 0 unspecified atom stereocenters. The lowest BCUT2D eigenvalue weighted by Crippen LogP contribution is -1.98. The van der Waals surface area contributed by atoms with Gasteiger partial charge in [-0.15, -0.1) is 10.2 Å². The first-order chi connectivity index (χ1) is 11.5. The van der Waals surface area contributed by atoms with Gasteiger partial charge in [-0.25, -0.2) is 0 Å². The lowest BCUT2D eigenvalue weighted by Gasteiger charge is -1.99. The molecule has 1 aromatic carbocycles. The van der Waals surface area contributed by atoms with Crippen LogP contribution in [0.15, 0.2) is 53.7 Å². The molecule has 4 rings (SSSR count). The number of nitrogens with zero attached hydrogens (tertiary/aromatic N) is 5. The van der Waals surface area contributed by atoms with E-state index in [2.05, 4.69) is 20.3 Å². The van der Waals surface area contributed by atoms with Gasteiger partial charge < -0.3 is 0 Å². The third-order valence-electron chi connectivity index (χ3n) is 3.31. The molecule has 0 saturated heterocycles. The molecule has 120 valence electrons. The first-order valence-electron chi connectivity index (χ1n) is 6.73. The summed E-state index contributed by atoms with van der Waals surface area (Å²) in [4.78, 5) is 4.36. The van der Waals surface area contributed by atoms with Crippen LogP contribution in [-0.4, -0.2) is 37.8 Å². The Morgan fingerprint density at radius 3 is 2.58 bits per heavy atom. The molecule has 8 nitrogen and oxygen atoms in total. The molecule has 0 aliphatic rings. The Bertz CT molecular complexity index is 1140. The molecular formula is C14H9N5O3S2. The van der Waals surface area contributed by atoms with Crippen LogP contribution in [0.5, 0.6) is 0 Å². The Labute approximate surface area is 140 Å². The van der Waals surface area contributed by atoms with Crippen LogP contribution in [0.25, 0.3) is 26.9 Å². The molecule has 0 atom stereocenters. The second kappa shape index (κ2) is 5.44. The molecule has 24 heavy (non-hydrogen) atoms. The molecule has 10 heteroatoms. The summed E-state index contributed by atoms with van der Waals surface area (Å²) in [6.07, 6.45) is 3.30. The zero-order valence-corrected chi connectivity index (χ0v) is 13.6. The summed E-state index contributed by atoms with van der Waals surface area (Å²) in [5.41, 5.74) is 1.39. The van der Waals surface area contributed by atoms with E-state index in [9.17, 15) is 13.0 Å². The fraction of sp³-hybridized carbons (Fsp3) is 0. The molecule has 3 aromatic heterocycles. The van der Waals surface area contributed by atoms with E-state index in [0.29, 0.717) is 21.4 Å². The first kappa shape index (κ1) is 14.9. The van der Waals surface area contributed by atoms with Crippen LogP contribution >= 0.6 is 11.3 Å². The molecule has 0 spiro atoms. The minimum absolute atomic E-state index is 0.180. The molecule has 0 amide bonds. The van der Waals surface area contributed by atoms with E-state index < -0.39 is 10.1 Å². The summed E-state index contributed by atoms with van der Waals surface area (Å²) in [6.45, 7) is 0. The Balaban J connectivity index is 1.84. The van der Waals surface area contributed by atoms with Crippen molar-refractivity contribution in [2.24, 2.45) is 0 Å².